The molecule has 2 aromatic carbocycles. The Kier molecular flexibility index (Phi) is 5.21. The van der Waals surface area contributed by atoms with Crippen LogP contribution in [0.1, 0.15) is 16.5 Å². The van der Waals surface area contributed by atoms with E-state index in [1.54, 1.807) is 45.6 Å². The SMILES string of the molecule is COc1cc(OC)cc(C(Cl)c2cc(Cl)ccc2OC)c1. The molecule has 0 amide bonds. The van der Waals surface area contributed by atoms with Gasteiger partial charge >= 0.3 is 0 Å². The first-order valence-corrected chi connectivity index (χ1v) is 7.11. The molecule has 0 radical (unpaired) electrons. The van der Waals surface area contributed by atoms with Crippen molar-refractivity contribution in [3.8, 4) is 17.2 Å². The van der Waals surface area contributed by atoms with Gasteiger partial charge in [-0.25, -0.2) is 0 Å². The maximum atomic E-state index is 6.60. The fourth-order valence-electron chi connectivity index (χ4n) is 2.06. The topological polar surface area (TPSA) is 27.7 Å². The first-order chi connectivity index (χ1) is 10.1. The zero-order chi connectivity index (χ0) is 15.4. The van der Waals surface area contributed by atoms with E-state index in [4.69, 9.17) is 37.4 Å². The van der Waals surface area contributed by atoms with E-state index in [0.29, 0.717) is 22.3 Å². The summed E-state index contributed by atoms with van der Waals surface area (Å²) in [5.41, 5.74) is 1.63. The molecular formula is C16H16Cl2O3. The van der Waals surface area contributed by atoms with Crippen molar-refractivity contribution in [2.75, 3.05) is 21.3 Å². The Balaban J connectivity index is 2.48. The van der Waals surface area contributed by atoms with Crippen LogP contribution in [0, 0.1) is 0 Å². The largest absolute Gasteiger partial charge is 0.497 e. The summed E-state index contributed by atoms with van der Waals surface area (Å²) in [6.45, 7) is 0. The Morgan fingerprint density at radius 3 is 2.00 bits per heavy atom. The van der Waals surface area contributed by atoms with Gasteiger partial charge in [-0.05, 0) is 35.9 Å². The summed E-state index contributed by atoms with van der Waals surface area (Å²) in [6, 6.07) is 10.9. The summed E-state index contributed by atoms with van der Waals surface area (Å²) >= 11 is 12.7. The molecule has 0 spiro atoms. The van der Waals surface area contributed by atoms with Gasteiger partial charge in [0, 0.05) is 16.7 Å². The molecule has 0 heterocycles. The Bertz CT molecular complexity index is 607. The molecule has 5 heteroatoms. The Labute approximate surface area is 134 Å². The molecule has 3 nitrogen and oxygen atoms in total. The van der Waals surface area contributed by atoms with E-state index >= 15 is 0 Å². The van der Waals surface area contributed by atoms with Gasteiger partial charge in [0.25, 0.3) is 0 Å². The monoisotopic (exact) mass is 326 g/mol. The Morgan fingerprint density at radius 1 is 0.857 bits per heavy atom. The average molecular weight is 327 g/mol. The number of hydrogen-bond acceptors (Lipinski definition) is 3. The summed E-state index contributed by atoms with van der Waals surface area (Å²) in [5, 5.41) is 0.175. The minimum Gasteiger partial charge on any atom is -0.497 e. The Hall–Kier alpha value is -1.58. The van der Waals surface area contributed by atoms with Crippen LogP contribution >= 0.6 is 23.2 Å². The van der Waals surface area contributed by atoms with Gasteiger partial charge in [-0.1, -0.05) is 11.6 Å². The molecule has 2 aromatic rings. The normalized spacial score (nSPS) is 11.9. The van der Waals surface area contributed by atoms with Crippen molar-refractivity contribution < 1.29 is 14.2 Å². The second kappa shape index (κ2) is 6.92. The molecule has 1 unspecified atom stereocenters. The number of methoxy groups -OCH3 is 3. The molecule has 112 valence electrons. The van der Waals surface area contributed by atoms with Crippen LogP contribution in [0.4, 0.5) is 0 Å². The lowest BCUT2D eigenvalue weighted by Crippen LogP contribution is -1.99. The van der Waals surface area contributed by atoms with Crippen molar-refractivity contribution in [3.63, 3.8) is 0 Å². The summed E-state index contributed by atoms with van der Waals surface area (Å²) in [5.74, 6) is 2.04. The van der Waals surface area contributed by atoms with Crippen molar-refractivity contribution >= 4 is 23.2 Å². The van der Waals surface area contributed by atoms with Crippen molar-refractivity contribution in [1.29, 1.82) is 0 Å². The summed E-state index contributed by atoms with van der Waals surface area (Å²) in [6.07, 6.45) is 0. The van der Waals surface area contributed by atoms with Crippen LogP contribution in [0.15, 0.2) is 36.4 Å². The van der Waals surface area contributed by atoms with Crippen LogP contribution in [0.3, 0.4) is 0 Å². The highest BCUT2D eigenvalue weighted by atomic mass is 35.5. The number of halogens is 2. The van der Waals surface area contributed by atoms with Gasteiger partial charge < -0.3 is 14.2 Å². The van der Waals surface area contributed by atoms with E-state index in [9.17, 15) is 0 Å². The van der Waals surface area contributed by atoms with Crippen LogP contribution in [-0.2, 0) is 0 Å². The zero-order valence-corrected chi connectivity index (χ0v) is 13.5. The second-order valence-electron chi connectivity index (χ2n) is 4.39. The molecule has 0 saturated heterocycles. The van der Waals surface area contributed by atoms with E-state index in [0.717, 1.165) is 11.1 Å². The first-order valence-electron chi connectivity index (χ1n) is 6.29. The highest BCUT2D eigenvalue weighted by molar-refractivity contribution is 6.31. The summed E-state index contributed by atoms with van der Waals surface area (Å²) in [4.78, 5) is 0. The van der Waals surface area contributed by atoms with Crippen LogP contribution in [0.2, 0.25) is 5.02 Å². The van der Waals surface area contributed by atoms with Crippen molar-refractivity contribution in [1.82, 2.24) is 0 Å². The molecule has 0 aromatic heterocycles. The third-order valence-corrected chi connectivity index (χ3v) is 3.85. The lowest BCUT2D eigenvalue weighted by molar-refractivity contribution is 0.393. The lowest BCUT2D eigenvalue weighted by atomic mass is 10.0. The third kappa shape index (κ3) is 3.55. The smallest absolute Gasteiger partial charge is 0.123 e. The highest BCUT2D eigenvalue weighted by Crippen LogP contribution is 2.39. The van der Waals surface area contributed by atoms with Gasteiger partial charge in [0.05, 0.1) is 26.7 Å². The van der Waals surface area contributed by atoms with Crippen molar-refractivity contribution in [3.05, 3.63) is 52.5 Å². The lowest BCUT2D eigenvalue weighted by Gasteiger charge is -2.16. The van der Waals surface area contributed by atoms with E-state index in [1.165, 1.54) is 0 Å². The van der Waals surface area contributed by atoms with Crippen molar-refractivity contribution in [2.24, 2.45) is 0 Å². The fraction of sp³-hybridized carbons (Fsp3) is 0.250. The quantitative estimate of drug-likeness (QED) is 0.746. The maximum Gasteiger partial charge on any atom is 0.123 e. The molecule has 0 aliphatic heterocycles. The molecule has 0 aliphatic carbocycles. The molecule has 0 N–H and O–H groups in total. The van der Waals surface area contributed by atoms with Crippen LogP contribution in [0.5, 0.6) is 17.2 Å². The van der Waals surface area contributed by atoms with E-state index in [1.807, 2.05) is 12.1 Å². The van der Waals surface area contributed by atoms with Gasteiger partial charge in [-0.2, -0.15) is 0 Å². The minimum absolute atomic E-state index is 0.428. The molecule has 0 fully saturated rings. The highest BCUT2D eigenvalue weighted by Gasteiger charge is 2.18. The predicted octanol–water partition coefficient (Wildman–Crippen LogP) is 4.69. The maximum absolute atomic E-state index is 6.60. The van der Waals surface area contributed by atoms with Crippen molar-refractivity contribution in [2.45, 2.75) is 5.38 Å². The van der Waals surface area contributed by atoms with Crippen LogP contribution in [0.25, 0.3) is 0 Å². The fourth-order valence-corrected chi connectivity index (χ4v) is 2.54. The van der Waals surface area contributed by atoms with E-state index < -0.39 is 5.38 Å². The molecule has 2 rings (SSSR count). The molecule has 0 aliphatic rings. The zero-order valence-electron chi connectivity index (χ0n) is 12.0. The van der Waals surface area contributed by atoms with Gasteiger partial charge in [0.2, 0.25) is 0 Å². The molecule has 21 heavy (non-hydrogen) atoms. The predicted molar refractivity (Wildman–Crippen MR) is 85.2 cm³/mol. The molecule has 1 atom stereocenters. The van der Waals surface area contributed by atoms with Gasteiger partial charge in [-0.3, -0.25) is 0 Å². The average Bonchev–Trinajstić information content (AvgIpc) is 2.53. The second-order valence-corrected chi connectivity index (χ2v) is 5.27. The Morgan fingerprint density at radius 2 is 1.48 bits per heavy atom. The summed E-state index contributed by atoms with van der Waals surface area (Å²) < 4.78 is 15.9. The van der Waals surface area contributed by atoms with Gasteiger partial charge in [0.1, 0.15) is 17.2 Å². The minimum atomic E-state index is -0.428. The number of benzene rings is 2. The van der Waals surface area contributed by atoms with E-state index in [-0.39, 0.29) is 0 Å². The molecule has 0 bridgehead atoms. The first kappa shape index (κ1) is 15.8. The van der Waals surface area contributed by atoms with Crippen LogP contribution < -0.4 is 14.2 Å². The van der Waals surface area contributed by atoms with Gasteiger partial charge in [0.15, 0.2) is 0 Å². The number of rotatable bonds is 5. The number of ether oxygens (including phenoxy) is 3. The number of alkyl halides is 1. The van der Waals surface area contributed by atoms with E-state index in [2.05, 4.69) is 0 Å². The standard InChI is InChI=1S/C16H16Cl2O3/c1-19-12-6-10(7-13(9-12)20-2)16(18)14-8-11(17)4-5-15(14)21-3/h4-9,16H,1-3H3. The number of hydrogen-bond donors (Lipinski definition) is 0. The van der Waals surface area contributed by atoms with Gasteiger partial charge in [-0.15, -0.1) is 11.6 Å². The van der Waals surface area contributed by atoms with Crippen LogP contribution in [-0.4, -0.2) is 21.3 Å². The molecule has 0 saturated carbocycles. The molecular weight excluding hydrogens is 311 g/mol. The summed E-state index contributed by atoms with van der Waals surface area (Å²) in [7, 11) is 4.80. The third-order valence-electron chi connectivity index (χ3n) is 3.13.